The number of piperazine rings is 1. The summed E-state index contributed by atoms with van der Waals surface area (Å²) in [4.78, 5) is 20.8. The Morgan fingerprint density at radius 2 is 1.71 bits per heavy atom. The molecule has 3 rings (SSSR count). The lowest BCUT2D eigenvalue weighted by atomic mass is 10.3. The lowest BCUT2D eigenvalue weighted by molar-refractivity contribution is 0.633. The molecule has 24 heavy (non-hydrogen) atoms. The predicted octanol–water partition coefficient (Wildman–Crippen LogP) is 2.35. The minimum absolute atomic E-state index is 0.845. The van der Waals surface area contributed by atoms with Crippen LogP contribution < -0.4 is 14.7 Å². The highest BCUT2D eigenvalue weighted by Gasteiger charge is 2.21. The Kier molecular flexibility index (Phi) is 5.13. The largest absolute Gasteiger partial charge is 0.357 e. The standard InChI is InChI=1S/C18H26N6/c1-4-22(5-2)17-14-15(3)20-18(21-17)24-12-10-23(11-13-24)16-8-6-7-9-19-16/h6-9,14H,4-5,10-13H2,1-3H3. The molecule has 0 atom stereocenters. The average Bonchev–Trinajstić information content (AvgIpc) is 2.63. The highest BCUT2D eigenvalue weighted by molar-refractivity contribution is 5.47. The summed E-state index contributed by atoms with van der Waals surface area (Å²) in [6, 6.07) is 8.13. The minimum atomic E-state index is 0.845. The van der Waals surface area contributed by atoms with Crippen LogP contribution in [-0.4, -0.2) is 54.2 Å². The summed E-state index contributed by atoms with van der Waals surface area (Å²) in [6.07, 6.45) is 1.85. The summed E-state index contributed by atoms with van der Waals surface area (Å²) in [5.74, 6) is 2.92. The van der Waals surface area contributed by atoms with Crippen molar-refractivity contribution in [3.63, 3.8) is 0 Å². The summed E-state index contributed by atoms with van der Waals surface area (Å²) < 4.78 is 0. The number of anilines is 3. The molecule has 1 saturated heterocycles. The molecule has 2 aromatic rings. The van der Waals surface area contributed by atoms with Gasteiger partial charge >= 0.3 is 0 Å². The van der Waals surface area contributed by atoms with Gasteiger partial charge in [0.15, 0.2) is 0 Å². The van der Waals surface area contributed by atoms with E-state index in [1.165, 1.54) is 0 Å². The van der Waals surface area contributed by atoms with E-state index in [1.807, 2.05) is 25.3 Å². The molecule has 0 amide bonds. The second kappa shape index (κ2) is 7.47. The third-order valence-electron chi connectivity index (χ3n) is 4.45. The Labute approximate surface area is 144 Å². The molecule has 1 fully saturated rings. The molecule has 0 saturated carbocycles. The topological polar surface area (TPSA) is 48.4 Å². The molecule has 1 aliphatic heterocycles. The van der Waals surface area contributed by atoms with Crippen molar-refractivity contribution in [2.24, 2.45) is 0 Å². The Morgan fingerprint density at radius 3 is 2.33 bits per heavy atom. The molecule has 0 radical (unpaired) electrons. The van der Waals surface area contributed by atoms with E-state index in [4.69, 9.17) is 4.98 Å². The molecule has 6 nitrogen and oxygen atoms in total. The molecule has 128 valence electrons. The zero-order chi connectivity index (χ0) is 16.9. The Bertz CT molecular complexity index is 648. The SMILES string of the molecule is CCN(CC)c1cc(C)nc(N2CCN(c3ccccn3)CC2)n1. The molecular formula is C18H26N6. The molecule has 0 aliphatic carbocycles. The number of rotatable bonds is 5. The Hall–Kier alpha value is -2.37. The van der Waals surface area contributed by atoms with E-state index in [-0.39, 0.29) is 0 Å². The molecule has 2 aromatic heterocycles. The number of hydrogen-bond donors (Lipinski definition) is 0. The van der Waals surface area contributed by atoms with Crippen molar-refractivity contribution in [3.8, 4) is 0 Å². The summed E-state index contributed by atoms with van der Waals surface area (Å²) >= 11 is 0. The van der Waals surface area contributed by atoms with E-state index < -0.39 is 0 Å². The van der Waals surface area contributed by atoms with Crippen LogP contribution in [-0.2, 0) is 0 Å². The van der Waals surface area contributed by atoms with Gasteiger partial charge in [0.05, 0.1) is 0 Å². The monoisotopic (exact) mass is 326 g/mol. The van der Waals surface area contributed by atoms with Crippen LogP contribution in [0.3, 0.4) is 0 Å². The van der Waals surface area contributed by atoms with Crippen molar-refractivity contribution in [2.45, 2.75) is 20.8 Å². The van der Waals surface area contributed by atoms with E-state index in [0.717, 1.165) is 62.5 Å². The van der Waals surface area contributed by atoms with Crippen LogP contribution in [0.2, 0.25) is 0 Å². The van der Waals surface area contributed by atoms with Crippen molar-refractivity contribution >= 4 is 17.6 Å². The van der Waals surface area contributed by atoms with Crippen LogP contribution in [0.1, 0.15) is 19.5 Å². The van der Waals surface area contributed by atoms with Crippen LogP contribution in [0.25, 0.3) is 0 Å². The Balaban J connectivity index is 1.72. The smallest absolute Gasteiger partial charge is 0.227 e. The summed E-state index contributed by atoms with van der Waals surface area (Å²) in [5.41, 5.74) is 1.02. The molecule has 0 N–H and O–H groups in total. The van der Waals surface area contributed by atoms with Crippen LogP contribution in [0.5, 0.6) is 0 Å². The van der Waals surface area contributed by atoms with Crippen molar-refractivity contribution < 1.29 is 0 Å². The van der Waals surface area contributed by atoms with Crippen molar-refractivity contribution in [3.05, 3.63) is 36.2 Å². The van der Waals surface area contributed by atoms with Gasteiger partial charge in [-0.25, -0.2) is 9.97 Å². The predicted molar refractivity (Wildman–Crippen MR) is 99.0 cm³/mol. The molecule has 0 bridgehead atoms. The summed E-state index contributed by atoms with van der Waals surface area (Å²) in [7, 11) is 0. The van der Waals surface area contributed by atoms with Gasteiger partial charge in [-0.3, -0.25) is 0 Å². The number of pyridine rings is 1. The van der Waals surface area contributed by atoms with Crippen LogP contribution >= 0.6 is 0 Å². The molecule has 0 aromatic carbocycles. The number of aromatic nitrogens is 3. The van der Waals surface area contributed by atoms with Gasteiger partial charge in [0.25, 0.3) is 0 Å². The maximum atomic E-state index is 4.80. The average molecular weight is 326 g/mol. The highest BCUT2D eigenvalue weighted by Crippen LogP contribution is 2.20. The maximum Gasteiger partial charge on any atom is 0.227 e. The van der Waals surface area contributed by atoms with Crippen LogP contribution in [0.4, 0.5) is 17.6 Å². The van der Waals surface area contributed by atoms with Crippen LogP contribution in [0.15, 0.2) is 30.5 Å². The van der Waals surface area contributed by atoms with Gasteiger partial charge in [0.1, 0.15) is 11.6 Å². The maximum absolute atomic E-state index is 4.80. The molecule has 1 aliphatic rings. The zero-order valence-corrected chi connectivity index (χ0v) is 14.8. The number of hydrogen-bond acceptors (Lipinski definition) is 6. The van der Waals surface area contributed by atoms with Gasteiger partial charge in [0.2, 0.25) is 5.95 Å². The van der Waals surface area contributed by atoms with Gasteiger partial charge in [0, 0.05) is 57.2 Å². The van der Waals surface area contributed by atoms with Gasteiger partial charge < -0.3 is 14.7 Å². The van der Waals surface area contributed by atoms with Crippen molar-refractivity contribution in [1.29, 1.82) is 0 Å². The van der Waals surface area contributed by atoms with E-state index in [1.54, 1.807) is 0 Å². The molecule has 6 heteroatoms. The third kappa shape index (κ3) is 3.58. The summed E-state index contributed by atoms with van der Waals surface area (Å²) in [6.45, 7) is 12.0. The van der Waals surface area contributed by atoms with E-state index in [2.05, 4.69) is 50.6 Å². The molecule has 0 unspecified atom stereocenters. The second-order valence-corrected chi connectivity index (χ2v) is 6.00. The van der Waals surface area contributed by atoms with Gasteiger partial charge in [-0.05, 0) is 32.9 Å². The van der Waals surface area contributed by atoms with E-state index in [9.17, 15) is 0 Å². The minimum Gasteiger partial charge on any atom is -0.357 e. The van der Waals surface area contributed by atoms with Crippen LogP contribution in [0, 0.1) is 6.92 Å². The van der Waals surface area contributed by atoms with Crippen molar-refractivity contribution in [1.82, 2.24) is 15.0 Å². The second-order valence-electron chi connectivity index (χ2n) is 6.00. The van der Waals surface area contributed by atoms with Gasteiger partial charge in [-0.1, -0.05) is 6.07 Å². The number of nitrogens with zero attached hydrogens (tertiary/aromatic N) is 6. The fourth-order valence-corrected chi connectivity index (χ4v) is 3.06. The Morgan fingerprint density at radius 1 is 1.00 bits per heavy atom. The first-order chi connectivity index (χ1) is 11.7. The molecule has 3 heterocycles. The molecular weight excluding hydrogens is 300 g/mol. The fraction of sp³-hybridized carbons (Fsp3) is 0.500. The lowest BCUT2D eigenvalue weighted by Crippen LogP contribution is -2.47. The first kappa shape index (κ1) is 16.5. The fourth-order valence-electron chi connectivity index (χ4n) is 3.06. The third-order valence-corrected chi connectivity index (χ3v) is 4.45. The molecule has 0 spiro atoms. The van der Waals surface area contributed by atoms with E-state index >= 15 is 0 Å². The summed E-state index contributed by atoms with van der Waals surface area (Å²) in [5, 5.41) is 0. The van der Waals surface area contributed by atoms with E-state index in [0.29, 0.717) is 0 Å². The first-order valence-electron chi connectivity index (χ1n) is 8.72. The van der Waals surface area contributed by atoms with Gasteiger partial charge in [-0.2, -0.15) is 4.98 Å². The lowest BCUT2D eigenvalue weighted by Gasteiger charge is -2.35. The number of aryl methyl sites for hydroxylation is 1. The van der Waals surface area contributed by atoms with Gasteiger partial charge in [-0.15, -0.1) is 0 Å². The first-order valence-corrected chi connectivity index (χ1v) is 8.72. The normalized spacial score (nSPS) is 14.8. The zero-order valence-electron chi connectivity index (χ0n) is 14.8. The quantitative estimate of drug-likeness (QED) is 0.841. The van der Waals surface area contributed by atoms with Crippen molar-refractivity contribution in [2.75, 3.05) is 54.0 Å². The highest BCUT2D eigenvalue weighted by atomic mass is 15.3.